The Morgan fingerprint density at radius 3 is 2.46 bits per heavy atom. The molecule has 1 aromatic carbocycles. The average molecular weight is 510 g/mol. The van der Waals surface area contributed by atoms with Crippen molar-refractivity contribution in [3.63, 3.8) is 0 Å². The minimum atomic E-state index is -4.63. The van der Waals surface area contributed by atoms with Crippen molar-refractivity contribution >= 4 is 34.5 Å². The van der Waals surface area contributed by atoms with Crippen molar-refractivity contribution in [3.05, 3.63) is 47.4 Å². The number of amides is 1. The van der Waals surface area contributed by atoms with Crippen LogP contribution in [0.2, 0.25) is 5.02 Å². The Morgan fingerprint density at radius 1 is 1.11 bits per heavy atom. The van der Waals surface area contributed by atoms with Gasteiger partial charge in [-0.1, -0.05) is 17.7 Å². The number of rotatable bonds is 2. The first-order valence-electron chi connectivity index (χ1n) is 11.2. The van der Waals surface area contributed by atoms with Crippen molar-refractivity contribution in [3.8, 4) is 5.69 Å². The number of piperazine rings is 1. The lowest BCUT2D eigenvalue weighted by atomic mass is 10.1. The third-order valence-corrected chi connectivity index (χ3v) is 6.08. The van der Waals surface area contributed by atoms with Gasteiger partial charge in [-0.05, 0) is 52.8 Å². The minimum Gasteiger partial charge on any atom is -0.444 e. The molecule has 2 atom stereocenters. The zero-order chi connectivity index (χ0) is 25.7. The van der Waals surface area contributed by atoms with E-state index in [-0.39, 0.29) is 42.0 Å². The van der Waals surface area contributed by atoms with Crippen LogP contribution in [0.5, 0.6) is 0 Å². The number of hydrogen-bond acceptors (Lipinski definition) is 5. The maximum Gasteiger partial charge on any atom is 0.418 e. The van der Waals surface area contributed by atoms with E-state index in [1.165, 1.54) is 10.9 Å². The zero-order valence-corrected chi connectivity index (χ0v) is 20.9. The first-order valence-corrected chi connectivity index (χ1v) is 11.6. The lowest BCUT2D eigenvalue weighted by Gasteiger charge is -2.44. The number of ether oxygens (including phenoxy) is 1. The van der Waals surface area contributed by atoms with Crippen molar-refractivity contribution < 1.29 is 22.7 Å². The Morgan fingerprint density at radius 2 is 1.83 bits per heavy atom. The van der Waals surface area contributed by atoms with E-state index in [0.717, 1.165) is 6.20 Å². The topological polar surface area (TPSA) is 63.5 Å². The van der Waals surface area contributed by atoms with Crippen LogP contribution in [0.4, 0.5) is 23.8 Å². The van der Waals surface area contributed by atoms with Gasteiger partial charge in [-0.25, -0.2) is 14.8 Å². The number of alkyl halides is 3. The molecule has 1 aliphatic rings. The van der Waals surface area contributed by atoms with Gasteiger partial charge in [-0.3, -0.25) is 0 Å². The molecule has 0 radical (unpaired) electrons. The molecule has 0 spiro atoms. The van der Waals surface area contributed by atoms with E-state index in [9.17, 15) is 18.0 Å². The van der Waals surface area contributed by atoms with Crippen molar-refractivity contribution in [2.24, 2.45) is 0 Å². The Labute approximate surface area is 206 Å². The summed E-state index contributed by atoms with van der Waals surface area (Å²) in [5.74, 6) is 0.172. The van der Waals surface area contributed by atoms with E-state index < -0.39 is 23.4 Å². The van der Waals surface area contributed by atoms with Gasteiger partial charge in [0.25, 0.3) is 0 Å². The third-order valence-electron chi connectivity index (χ3n) is 5.84. The molecule has 0 bridgehead atoms. The molecular weight excluding hydrogens is 483 g/mol. The molecule has 0 saturated carbocycles. The van der Waals surface area contributed by atoms with Crippen LogP contribution in [0.15, 0.2) is 36.8 Å². The van der Waals surface area contributed by atoms with Gasteiger partial charge >= 0.3 is 12.3 Å². The van der Waals surface area contributed by atoms with Gasteiger partial charge in [-0.2, -0.15) is 13.2 Å². The summed E-state index contributed by atoms with van der Waals surface area (Å²) in [6, 6.07) is 5.93. The van der Waals surface area contributed by atoms with Crippen LogP contribution in [-0.2, 0) is 10.9 Å². The third kappa shape index (κ3) is 5.03. The maximum atomic E-state index is 14.2. The maximum absolute atomic E-state index is 14.2. The normalized spacial score (nSPS) is 19.3. The Bertz CT molecular complexity index is 1250. The fourth-order valence-electron chi connectivity index (χ4n) is 4.30. The SMILES string of the molecule is C[C@@H]1CN(c2ncnc3c2c(C(F)(F)F)cn3-c2cccc(Cl)c2)[C@@H](C)CN1C(=O)OC(C)(C)C. The summed E-state index contributed by atoms with van der Waals surface area (Å²) >= 11 is 6.09. The molecule has 11 heteroatoms. The standard InChI is InChI=1S/C24H27ClF3N5O2/c1-14-11-32(22(34)35-23(3,4)5)15(2)10-31(14)20-19-18(24(26,27)28)12-33(21(19)30-13-29-20)17-8-6-7-16(25)9-17/h6-9,12-15H,10-11H2,1-5H3/t14-,15+/m0/s1. The lowest BCUT2D eigenvalue weighted by molar-refractivity contribution is -0.136. The lowest BCUT2D eigenvalue weighted by Crippen LogP contribution is -2.59. The highest BCUT2D eigenvalue weighted by atomic mass is 35.5. The summed E-state index contributed by atoms with van der Waals surface area (Å²) < 4.78 is 49.5. The molecule has 4 rings (SSSR count). The van der Waals surface area contributed by atoms with E-state index in [1.807, 2.05) is 13.8 Å². The van der Waals surface area contributed by atoms with Crippen LogP contribution in [0.3, 0.4) is 0 Å². The molecule has 35 heavy (non-hydrogen) atoms. The smallest absolute Gasteiger partial charge is 0.418 e. The van der Waals surface area contributed by atoms with Gasteiger partial charge in [0.05, 0.1) is 10.9 Å². The quantitative estimate of drug-likeness (QED) is 0.428. The van der Waals surface area contributed by atoms with E-state index in [1.54, 1.807) is 54.8 Å². The average Bonchev–Trinajstić information content (AvgIpc) is 3.14. The van der Waals surface area contributed by atoms with Gasteiger partial charge in [-0.15, -0.1) is 0 Å². The molecule has 1 aliphatic heterocycles. The predicted octanol–water partition coefficient (Wildman–Crippen LogP) is 5.93. The number of carbonyl (C=O) groups is 1. The van der Waals surface area contributed by atoms with E-state index >= 15 is 0 Å². The molecule has 0 aliphatic carbocycles. The molecule has 2 aromatic heterocycles. The fraction of sp³-hybridized carbons (Fsp3) is 0.458. The highest BCUT2D eigenvalue weighted by Crippen LogP contribution is 2.41. The number of benzene rings is 1. The molecule has 1 fully saturated rings. The fourth-order valence-corrected chi connectivity index (χ4v) is 4.48. The van der Waals surface area contributed by atoms with Gasteiger partial charge in [0, 0.05) is 42.1 Å². The van der Waals surface area contributed by atoms with E-state index in [0.29, 0.717) is 10.7 Å². The summed E-state index contributed by atoms with van der Waals surface area (Å²) in [5.41, 5.74) is -0.906. The van der Waals surface area contributed by atoms with Gasteiger partial charge in [0.15, 0.2) is 5.65 Å². The number of nitrogens with zero attached hydrogens (tertiary/aromatic N) is 5. The predicted molar refractivity (Wildman–Crippen MR) is 128 cm³/mol. The highest BCUT2D eigenvalue weighted by molar-refractivity contribution is 6.30. The molecule has 1 amide bonds. The highest BCUT2D eigenvalue weighted by Gasteiger charge is 2.40. The number of carbonyl (C=O) groups excluding carboxylic acids is 1. The number of hydrogen-bond donors (Lipinski definition) is 0. The molecule has 3 aromatic rings. The van der Waals surface area contributed by atoms with Crippen LogP contribution in [0.25, 0.3) is 16.7 Å². The Balaban J connectivity index is 1.78. The summed E-state index contributed by atoms with van der Waals surface area (Å²) in [5, 5.41) is 0.303. The molecule has 3 heterocycles. The molecule has 1 saturated heterocycles. The number of fused-ring (bicyclic) bond motifs is 1. The minimum absolute atomic E-state index is 0.0928. The van der Waals surface area contributed by atoms with Crippen molar-refractivity contribution in [1.29, 1.82) is 0 Å². The number of aromatic nitrogens is 3. The zero-order valence-electron chi connectivity index (χ0n) is 20.1. The molecule has 0 N–H and O–H groups in total. The van der Waals surface area contributed by atoms with Crippen LogP contribution in [0, 0.1) is 0 Å². The van der Waals surface area contributed by atoms with Crippen LogP contribution in [0.1, 0.15) is 40.2 Å². The van der Waals surface area contributed by atoms with Crippen LogP contribution >= 0.6 is 11.6 Å². The number of halogens is 4. The van der Waals surface area contributed by atoms with Gasteiger partial charge in [0.2, 0.25) is 0 Å². The largest absolute Gasteiger partial charge is 0.444 e. The monoisotopic (exact) mass is 509 g/mol. The van der Waals surface area contributed by atoms with Gasteiger partial charge < -0.3 is 19.1 Å². The van der Waals surface area contributed by atoms with Crippen molar-refractivity contribution in [2.45, 2.75) is 58.5 Å². The van der Waals surface area contributed by atoms with Crippen molar-refractivity contribution in [1.82, 2.24) is 19.4 Å². The second kappa shape index (κ2) is 8.89. The summed E-state index contributed by atoms with van der Waals surface area (Å²) in [4.78, 5) is 24.6. The van der Waals surface area contributed by atoms with Gasteiger partial charge in [0.1, 0.15) is 17.7 Å². The van der Waals surface area contributed by atoms with E-state index in [2.05, 4.69) is 9.97 Å². The summed E-state index contributed by atoms with van der Waals surface area (Å²) in [7, 11) is 0. The van der Waals surface area contributed by atoms with Crippen LogP contribution < -0.4 is 4.90 Å². The van der Waals surface area contributed by atoms with E-state index in [4.69, 9.17) is 16.3 Å². The second-order valence-corrected chi connectivity index (χ2v) is 10.2. The molecular formula is C24H27ClF3N5O2. The first kappa shape index (κ1) is 25.1. The van der Waals surface area contributed by atoms with Crippen molar-refractivity contribution in [2.75, 3.05) is 18.0 Å². The van der Waals surface area contributed by atoms with Crippen LogP contribution in [-0.4, -0.2) is 56.3 Å². The Hall–Kier alpha value is -3.01. The molecule has 0 unspecified atom stereocenters. The Kier molecular flexibility index (Phi) is 6.37. The summed E-state index contributed by atoms with van der Waals surface area (Å²) in [6.45, 7) is 9.60. The molecule has 7 nitrogen and oxygen atoms in total. The first-order chi connectivity index (χ1) is 16.3. The molecule has 188 valence electrons. The second-order valence-electron chi connectivity index (χ2n) is 9.77. The summed E-state index contributed by atoms with van der Waals surface area (Å²) in [6.07, 6.45) is -2.79. The number of anilines is 1.